The van der Waals surface area contributed by atoms with Gasteiger partial charge in [-0.05, 0) is 42.9 Å². The number of halogens is 4. The largest absolute Gasteiger partial charge is 0.407 e. The number of hydrogen-bond acceptors (Lipinski definition) is 3. The first-order valence-electron chi connectivity index (χ1n) is 8.38. The molecule has 8 heteroatoms. The van der Waals surface area contributed by atoms with Crippen molar-refractivity contribution in [1.82, 2.24) is 10.6 Å². The minimum atomic E-state index is -4.56. The van der Waals surface area contributed by atoms with Gasteiger partial charge in [0.1, 0.15) is 11.6 Å². The van der Waals surface area contributed by atoms with Gasteiger partial charge < -0.3 is 5.32 Å². The fraction of sp³-hybridized carbons (Fsp3) is 0.556. The Balaban J connectivity index is 2.23. The number of nitrogens with one attached hydrogen (secondary N) is 2. The number of nitriles is 1. The van der Waals surface area contributed by atoms with E-state index in [1.807, 2.05) is 19.9 Å². The molecule has 0 aliphatic heterocycles. The van der Waals surface area contributed by atoms with Crippen molar-refractivity contribution in [3.05, 3.63) is 34.3 Å². The summed E-state index contributed by atoms with van der Waals surface area (Å²) >= 11 is 3.20. The van der Waals surface area contributed by atoms with Crippen molar-refractivity contribution in [1.29, 1.82) is 5.26 Å². The topological polar surface area (TPSA) is 64.9 Å². The molecular formula is C18H21BrF3N3O. The summed E-state index contributed by atoms with van der Waals surface area (Å²) in [4.78, 5) is 12.5. The molecule has 0 radical (unpaired) electrons. The molecule has 1 aliphatic rings. The van der Waals surface area contributed by atoms with Gasteiger partial charge in [-0.2, -0.15) is 18.4 Å². The smallest absolute Gasteiger partial charge is 0.336 e. The van der Waals surface area contributed by atoms with E-state index in [-0.39, 0.29) is 17.9 Å². The van der Waals surface area contributed by atoms with Gasteiger partial charge in [0.05, 0.1) is 12.1 Å². The molecule has 2 atom stereocenters. The molecule has 142 valence electrons. The van der Waals surface area contributed by atoms with Crippen molar-refractivity contribution in [2.75, 3.05) is 0 Å². The number of alkyl halides is 3. The highest BCUT2D eigenvalue weighted by molar-refractivity contribution is 9.10. The normalized spacial score (nSPS) is 18.1. The maximum Gasteiger partial charge on any atom is 0.407 e. The Kier molecular flexibility index (Phi) is 6.35. The van der Waals surface area contributed by atoms with E-state index in [4.69, 9.17) is 5.26 Å². The standard InChI is InChI=1S/C18H21BrF3N3O/c1-11(2)9-14(16(26)25-17(10-23)7-8-17)24-15(18(20,21)22)12-3-5-13(19)6-4-12/h3-6,11,14-15,24H,7-9H2,1-2H3,(H,25,26)/t14-,15?/m0/s1. The molecule has 1 unspecified atom stereocenters. The maximum atomic E-state index is 13.6. The molecular weight excluding hydrogens is 411 g/mol. The Labute approximate surface area is 159 Å². The predicted octanol–water partition coefficient (Wildman–Crippen LogP) is 4.23. The van der Waals surface area contributed by atoms with Crippen molar-refractivity contribution in [3.8, 4) is 6.07 Å². The van der Waals surface area contributed by atoms with Crippen LogP contribution in [0.1, 0.15) is 44.7 Å². The summed E-state index contributed by atoms with van der Waals surface area (Å²) in [5.74, 6) is -0.557. The fourth-order valence-electron chi connectivity index (χ4n) is 2.67. The van der Waals surface area contributed by atoms with Gasteiger partial charge >= 0.3 is 6.18 Å². The van der Waals surface area contributed by atoms with E-state index in [1.54, 1.807) is 0 Å². The Morgan fingerprint density at radius 2 is 1.88 bits per heavy atom. The molecule has 2 N–H and O–H groups in total. The second kappa shape index (κ2) is 7.97. The van der Waals surface area contributed by atoms with Gasteiger partial charge in [0, 0.05) is 4.47 Å². The van der Waals surface area contributed by atoms with Crippen LogP contribution in [0.15, 0.2) is 28.7 Å². The van der Waals surface area contributed by atoms with Crippen LogP contribution in [0.5, 0.6) is 0 Å². The number of hydrogen-bond donors (Lipinski definition) is 2. The Morgan fingerprint density at radius 3 is 2.31 bits per heavy atom. The first kappa shape index (κ1) is 20.7. The summed E-state index contributed by atoms with van der Waals surface area (Å²) in [5, 5.41) is 14.2. The van der Waals surface area contributed by atoms with Gasteiger partial charge in [-0.1, -0.05) is 41.9 Å². The van der Waals surface area contributed by atoms with Crippen molar-refractivity contribution in [3.63, 3.8) is 0 Å². The van der Waals surface area contributed by atoms with Crippen molar-refractivity contribution in [2.45, 2.75) is 56.9 Å². The fourth-order valence-corrected chi connectivity index (χ4v) is 2.94. The van der Waals surface area contributed by atoms with Crippen molar-refractivity contribution < 1.29 is 18.0 Å². The number of carbonyl (C=O) groups is 1. The predicted molar refractivity (Wildman–Crippen MR) is 95.0 cm³/mol. The Hall–Kier alpha value is -1.59. The summed E-state index contributed by atoms with van der Waals surface area (Å²) in [6, 6.07) is 4.81. The van der Waals surface area contributed by atoms with Crippen LogP contribution in [0.4, 0.5) is 13.2 Å². The Morgan fingerprint density at radius 1 is 1.31 bits per heavy atom. The summed E-state index contributed by atoms with van der Waals surface area (Å²) < 4.78 is 41.5. The summed E-state index contributed by atoms with van der Waals surface area (Å²) in [6.45, 7) is 3.67. The molecule has 1 amide bonds. The van der Waals surface area contributed by atoms with E-state index in [0.29, 0.717) is 17.3 Å². The second-order valence-corrected chi connectivity index (χ2v) is 7.97. The minimum absolute atomic E-state index is 0.00860. The van der Waals surface area contributed by atoms with Crippen molar-refractivity contribution >= 4 is 21.8 Å². The highest BCUT2D eigenvalue weighted by Gasteiger charge is 2.47. The van der Waals surface area contributed by atoms with Crippen LogP contribution >= 0.6 is 15.9 Å². The van der Waals surface area contributed by atoms with Gasteiger partial charge in [-0.25, -0.2) is 0 Å². The molecule has 1 aromatic carbocycles. The van der Waals surface area contributed by atoms with E-state index in [9.17, 15) is 18.0 Å². The zero-order chi connectivity index (χ0) is 19.5. The van der Waals surface area contributed by atoms with Crippen LogP contribution in [-0.2, 0) is 4.79 Å². The molecule has 0 heterocycles. The van der Waals surface area contributed by atoms with E-state index in [0.717, 1.165) is 0 Å². The SMILES string of the molecule is CC(C)C[C@H](NC(c1ccc(Br)cc1)C(F)(F)F)C(=O)NC1(C#N)CC1. The lowest BCUT2D eigenvalue weighted by atomic mass is 9.99. The lowest BCUT2D eigenvalue weighted by molar-refractivity contribution is -0.161. The molecule has 1 saturated carbocycles. The molecule has 0 spiro atoms. The molecule has 1 aromatic rings. The molecule has 0 aromatic heterocycles. The highest BCUT2D eigenvalue weighted by atomic mass is 79.9. The van der Waals surface area contributed by atoms with Gasteiger partial charge in [0.2, 0.25) is 5.91 Å². The lowest BCUT2D eigenvalue weighted by Gasteiger charge is -2.29. The number of amides is 1. The molecule has 0 saturated heterocycles. The molecule has 1 aliphatic carbocycles. The van der Waals surface area contributed by atoms with Crippen LogP contribution in [0.25, 0.3) is 0 Å². The quantitative estimate of drug-likeness (QED) is 0.678. The minimum Gasteiger partial charge on any atom is -0.336 e. The van der Waals surface area contributed by atoms with E-state index < -0.39 is 29.7 Å². The zero-order valence-corrected chi connectivity index (χ0v) is 16.1. The van der Waals surface area contributed by atoms with Crippen LogP contribution in [0, 0.1) is 17.2 Å². The second-order valence-electron chi connectivity index (χ2n) is 7.06. The third kappa shape index (κ3) is 5.45. The molecule has 2 rings (SSSR count). The van der Waals surface area contributed by atoms with Crippen molar-refractivity contribution in [2.24, 2.45) is 5.92 Å². The maximum absolute atomic E-state index is 13.6. The van der Waals surface area contributed by atoms with Crippen LogP contribution in [0.3, 0.4) is 0 Å². The number of benzene rings is 1. The van der Waals surface area contributed by atoms with Crippen LogP contribution in [0.2, 0.25) is 0 Å². The summed E-state index contributed by atoms with van der Waals surface area (Å²) in [6.07, 6.45) is -3.27. The number of rotatable bonds is 7. The Bertz CT molecular complexity index is 678. The zero-order valence-electron chi connectivity index (χ0n) is 14.5. The monoisotopic (exact) mass is 431 g/mol. The van der Waals surface area contributed by atoms with Gasteiger partial charge in [-0.3, -0.25) is 10.1 Å². The van der Waals surface area contributed by atoms with E-state index in [2.05, 4.69) is 26.6 Å². The van der Waals surface area contributed by atoms with Gasteiger partial charge in [0.15, 0.2) is 0 Å². The number of carbonyl (C=O) groups excluding carboxylic acids is 1. The van der Waals surface area contributed by atoms with E-state index in [1.165, 1.54) is 24.3 Å². The van der Waals surface area contributed by atoms with Crippen LogP contribution < -0.4 is 10.6 Å². The van der Waals surface area contributed by atoms with Gasteiger partial charge in [0.25, 0.3) is 0 Å². The molecule has 26 heavy (non-hydrogen) atoms. The average molecular weight is 432 g/mol. The number of nitrogens with zero attached hydrogens (tertiary/aromatic N) is 1. The summed E-state index contributed by atoms with van der Waals surface area (Å²) in [5.41, 5.74) is -0.886. The summed E-state index contributed by atoms with van der Waals surface area (Å²) in [7, 11) is 0. The lowest BCUT2D eigenvalue weighted by Crippen LogP contribution is -2.52. The third-order valence-corrected chi connectivity index (χ3v) is 4.78. The third-order valence-electron chi connectivity index (χ3n) is 4.25. The first-order chi connectivity index (χ1) is 12.1. The first-order valence-corrected chi connectivity index (χ1v) is 9.17. The molecule has 4 nitrogen and oxygen atoms in total. The van der Waals surface area contributed by atoms with Crippen LogP contribution in [-0.4, -0.2) is 23.7 Å². The van der Waals surface area contributed by atoms with E-state index >= 15 is 0 Å². The molecule has 0 bridgehead atoms. The molecule has 1 fully saturated rings. The average Bonchev–Trinajstić information content (AvgIpc) is 3.31. The van der Waals surface area contributed by atoms with Gasteiger partial charge in [-0.15, -0.1) is 0 Å². The highest BCUT2D eigenvalue weighted by Crippen LogP contribution is 2.36.